The van der Waals surface area contributed by atoms with Crippen LogP contribution in [0.3, 0.4) is 0 Å². The van der Waals surface area contributed by atoms with Crippen LogP contribution in [-0.2, 0) is 9.84 Å². The minimum atomic E-state index is -3.34. The largest absolute Gasteiger partial charge is 0.370 e. The van der Waals surface area contributed by atoms with Crippen LogP contribution in [0.15, 0.2) is 40.2 Å². The first-order valence-electron chi connectivity index (χ1n) is 9.04. The van der Waals surface area contributed by atoms with E-state index in [0.717, 1.165) is 19.5 Å². The van der Waals surface area contributed by atoms with Crippen LogP contribution >= 0.6 is 24.0 Å². The topological polar surface area (TPSA) is 87.8 Å². The summed E-state index contributed by atoms with van der Waals surface area (Å²) in [5, 5.41) is 3.08. The predicted octanol–water partition coefficient (Wildman–Crippen LogP) is 2.25. The monoisotopic (exact) mass is 494 g/mol. The molecule has 1 saturated heterocycles. The van der Waals surface area contributed by atoms with Crippen molar-refractivity contribution in [3.63, 3.8) is 0 Å². The fourth-order valence-electron chi connectivity index (χ4n) is 3.23. The van der Waals surface area contributed by atoms with Gasteiger partial charge in [-0.2, -0.15) is 0 Å². The van der Waals surface area contributed by atoms with Crippen molar-refractivity contribution in [1.82, 2.24) is 10.2 Å². The van der Waals surface area contributed by atoms with Gasteiger partial charge in [0, 0.05) is 12.1 Å². The van der Waals surface area contributed by atoms with E-state index in [9.17, 15) is 8.42 Å². The van der Waals surface area contributed by atoms with Crippen molar-refractivity contribution in [3.05, 3.63) is 30.3 Å². The molecule has 2 atom stereocenters. The Bertz CT molecular complexity index is 667. The van der Waals surface area contributed by atoms with Crippen LogP contribution in [0.25, 0.3) is 0 Å². The molecule has 148 valence electrons. The number of nitrogens with two attached hydrogens (primary N) is 1. The molecular formula is C18H31IN4O2S. The Morgan fingerprint density at radius 3 is 2.65 bits per heavy atom. The summed E-state index contributed by atoms with van der Waals surface area (Å²) < 4.78 is 25.0. The first-order chi connectivity index (χ1) is 12.0. The first-order valence-corrected chi connectivity index (χ1v) is 10.7. The highest BCUT2D eigenvalue weighted by Gasteiger charge is 2.23. The molecule has 0 radical (unpaired) electrons. The summed E-state index contributed by atoms with van der Waals surface area (Å²) in [6.45, 7) is 6.92. The Balaban J connectivity index is 0.00000338. The number of benzene rings is 1. The van der Waals surface area contributed by atoms with Gasteiger partial charge in [-0.3, -0.25) is 9.89 Å². The molecule has 2 rings (SSSR count). The fourth-order valence-corrected chi connectivity index (χ4v) is 4.84. The van der Waals surface area contributed by atoms with Gasteiger partial charge in [0.2, 0.25) is 0 Å². The third kappa shape index (κ3) is 6.70. The molecule has 1 aliphatic rings. The van der Waals surface area contributed by atoms with E-state index in [-0.39, 0.29) is 35.8 Å². The first kappa shape index (κ1) is 23.2. The van der Waals surface area contributed by atoms with Crippen molar-refractivity contribution in [2.75, 3.05) is 25.4 Å². The van der Waals surface area contributed by atoms with Gasteiger partial charge >= 0.3 is 0 Å². The van der Waals surface area contributed by atoms with E-state index in [1.165, 1.54) is 6.42 Å². The molecule has 1 aromatic carbocycles. The zero-order chi connectivity index (χ0) is 18.3. The molecule has 1 aliphatic heterocycles. The van der Waals surface area contributed by atoms with E-state index in [0.29, 0.717) is 29.9 Å². The molecule has 0 bridgehead atoms. The van der Waals surface area contributed by atoms with Gasteiger partial charge in [0.1, 0.15) is 0 Å². The average molecular weight is 494 g/mol. The van der Waals surface area contributed by atoms with Crippen LogP contribution in [0, 0.1) is 0 Å². The molecule has 2 unspecified atom stereocenters. The van der Waals surface area contributed by atoms with Gasteiger partial charge in [-0.15, -0.1) is 24.0 Å². The molecule has 0 saturated carbocycles. The summed E-state index contributed by atoms with van der Waals surface area (Å²) in [4.78, 5) is 7.20. The second-order valence-corrected chi connectivity index (χ2v) is 8.53. The van der Waals surface area contributed by atoms with Gasteiger partial charge in [0.15, 0.2) is 15.8 Å². The van der Waals surface area contributed by atoms with E-state index in [4.69, 9.17) is 5.73 Å². The molecule has 6 nitrogen and oxygen atoms in total. The maximum atomic E-state index is 12.5. The summed E-state index contributed by atoms with van der Waals surface area (Å²) in [6, 6.07) is 8.72. The average Bonchev–Trinajstić information content (AvgIpc) is 3.07. The van der Waals surface area contributed by atoms with Gasteiger partial charge in [0.25, 0.3) is 0 Å². The van der Waals surface area contributed by atoms with Crippen molar-refractivity contribution >= 4 is 39.8 Å². The molecule has 0 aromatic heterocycles. The summed E-state index contributed by atoms with van der Waals surface area (Å²) in [5.74, 6) is 0.340. The molecule has 0 amide bonds. The summed E-state index contributed by atoms with van der Waals surface area (Å²) in [7, 11) is -3.34. The van der Waals surface area contributed by atoms with E-state index >= 15 is 0 Å². The van der Waals surface area contributed by atoms with Gasteiger partial charge in [-0.1, -0.05) is 32.0 Å². The number of sulfone groups is 1. The SMILES string of the molecule is CCC(CS(=O)(=O)c1ccccc1)NC(N)=NCC1CCCN1CC.I. The number of rotatable bonds is 8. The maximum absolute atomic E-state index is 12.5. The highest BCUT2D eigenvalue weighted by Crippen LogP contribution is 2.16. The van der Waals surface area contributed by atoms with Crippen LogP contribution < -0.4 is 11.1 Å². The van der Waals surface area contributed by atoms with E-state index in [1.807, 2.05) is 13.0 Å². The van der Waals surface area contributed by atoms with E-state index in [1.54, 1.807) is 24.3 Å². The fraction of sp³-hybridized carbons (Fsp3) is 0.611. The van der Waals surface area contributed by atoms with Crippen LogP contribution in [-0.4, -0.2) is 56.7 Å². The lowest BCUT2D eigenvalue weighted by Gasteiger charge is -2.22. The van der Waals surface area contributed by atoms with Crippen molar-refractivity contribution in [1.29, 1.82) is 0 Å². The van der Waals surface area contributed by atoms with Crippen molar-refractivity contribution in [3.8, 4) is 0 Å². The normalized spacial score (nSPS) is 19.8. The van der Waals surface area contributed by atoms with Gasteiger partial charge in [-0.25, -0.2) is 8.42 Å². The summed E-state index contributed by atoms with van der Waals surface area (Å²) in [6.07, 6.45) is 3.01. The second-order valence-electron chi connectivity index (χ2n) is 6.49. The maximum Gasteiger partial charge on any atom is 0.188 e. The lowest BCUT2D eigenvalue weighted by molar-refractivity contribution is 0.273. The zero-order valence-corrected chi connectivity index (χ0v) is 18.7. The van der Waals surface area contributed by atoms with Gasteiger partial charge < -0.3 is 11.1 Å². The predicted molar refractivity (Wildman–Crippen MR) is 118 cm³/mol. The number of likely N-dealkylation sites (N-methyl/N-ethyl adjacent to an activating group) is 1. The lowest BCUT2D eigenvalue weighted by Crippen LogP contribution is -2.44. The minimum absolute atomic E-state index is 0. The number of nitrogens with one attached hydrogen (secondary N) is 1. The van der Waals surface area contributed by atoms with Crippen LogP contribution in [0.1, 0.15) is 33.1 Å². The molecule has 1 heterocycles. The molecule has 0 spiro atoms. The number of likely N-dealkylation sites (tertiary alicyclic amines) is 1. The molecule has 0 aliphatic carbocycles. The number of aliphatic imine (C=N–C) groups is 1. The Morgan fingerprint density at radius 1 is 1.35 bits per heavy atom. The highest BCUT2D eigenvalue weighted by molar-refractivity contribution is 14.0. The number of halogens is 1. The molecule has 3 N–H and O–H groups in total. The second kappa shape index (κ2) is 11.1. The zero-order valence-electron chi connectivity index (χ0n) is 15.6. The standard InChI is InChI=1S/C18H30N4O2S.HI/c1-3-15(14-25(23,24)17-10-6-5-7-11-17)21-18(19)20-13-16-9-8-12-22(16)4-2;/h5-7,10-11,15-16H,3-4,8-9,12-14H2,1-2H3,(H3,19,20,21);1H. The minimum Gasteiger partial charge on any atom is -0.370 e. The molecule has 1 aromatic rings. The lowest BCUT2D eigenvalue weighted by atomic mass is 10.2. The van der Waals surface area contributed by atoms with Crippen molar-refractivity contribution in [2.24, 2.45) is 10.7 Å². The van der Waals surface area contributed by atoms with E-state index < -0.39 is 9.84 Å². The number of hydrogen-bond acceptors (Lipinski definition) is 4. The van der Waals surface area contributed by atoms with Crippen molar-refractivity contribution < 1.29 is 8.42 Å². The smallest absolute Gasteiger partial charge is 0.188 e. The van der Waals surface area contributed by atoms with E-state index in [2.05, 4.69) is 22.1 Å². The third-order valence-corrected chi connectivity index (χ3v) is 6.58. The van der Waals surface area contributed by atoms with Gasteiger partial charge in [0.05, 0.1) is 17.2 Å². The Labute approximate surface area is 174 Å². The number of guanidine groups is 1. The summed E-state index contributed by atoms with van der Waals surface area (Å²) in [5.41, 5.74) is 6.00. The number of hydrogen-bond donors (Lipinski definition) is 2. The third-order valence-electron chi connectivity index (χ3n) is 4.75. The molecule has 8 heteroatoms. The summed E-state index contributed by atoms with van der Waals surface area (Å²) >= 11 is 0. The Kier molecular flexibility index (Phi) is 9.88. The molecule has 26 heavy (non-hydrogen) atoms. The van der Waals surface area contributed by atoms with Crippen LogP contribution in [0.4, 0.5) is 0 Å². The Hall–Kier alpha value is -0.870. The van der Waals surface area contributed by atoms with Crippen LogP contribution in [0.5, 0.6) is 0 Å². The number of nitrogens with zero attached hydrogens (tertiary/aromatic N) is 2. The molecule has 1 fully saturated rings. The quantitative estimate of drug-likeness (QED) is 0.329. The Morgan fingerprint density at radius 2 is 2.04 bits per heavy atom. The van der Waals surface area contributed by atoms with Crippen LogP contribution in [0.2, 0.25) is 0 Å². The van der Waals surface area contributed by atoms with Crippen molar-refractivity contribution in [2.45, 2.75) is 50.1 Å². The van der Waals surface area contributed by atoms with Gasteiger partial charge in [-0.05, 0) is 44.5 Å². The highest BCUT2D eigenvalue weighted by atomic mass is 127. The molecular weight excluding hydrogens is 463 g/mol.